The predicted octanol–water partition coefficient (Wildman–Crippen LogP) is 2.46. The monoisotopic (exact) mass is 275 g/mol. The summed E-state index contributed by atoms with van der Waals surface area (Å²) >= 11 is 0. The normalized spacial score (nSPS) is 13.1. The van der Waals surface area contributed by atoms with Crippen molar-refractivity contribution in [3.63, 3.8) is 0 Å². The lowest BCUT2D eigenvalue weighted by Gasteiger charge is -2.18. The van der Waals surface area contributed by atoms with Crippen LogP contribution in [-0.4, -0.2) is 10.8 Å². The molecule has 1 N–H and O–H groups in total. The molecule has 0 saturated carbocycles. The number of nitriles is 1. The van der Waals surface area contributed by atoms with Gasteiger partial charge in [0.2, 0.25) is 5.91 Å². The minimum atomic E-state index is -1.07. The Kier molecular flexibility index (Phi) is 4.81. The van der Waals surface area contributed by atoms with E-state index in [0.717, 1.165) is 0 Å². The fourth-order valence-electron chi connectivity index (χ4n) is 1.72. The molecule has 1 aromatic rings. The standard InChI is InChI=1S/C14H17N3O3/c1-4-14(3,9-15)13(18)16-8-11-6-5-7-12(10(11)2)17(19)20/h5-7H,4,8H2,1-3H3,(H,16,18). The lowest BCUT2D eigenvalue weighted by molar-refractivity contribution is -0.385. The van der Waals surface area contributed by atoms with E-state index in [1.54, 1.807) is 32.9 Å². The minimum absolute atomic E-state index is 0.0234. The zero-order valence-electron chi connectivity index (χ0n) is 11.8. The first-order chi connectivity index (χ1) is 9.35. The van der Waals surface area contributed by atoms with Crippen molar-refractivity contribution in [1.29, 1.82) is 5.26 Å². The number of nitrogens with one attached hydrogen (secondary N) is 1. The van der Waals surface area contributed by atoms with Crippen molar-refractivity contribution < 1.29 is 9.72 Å². The lowest BCUT2D eigenvalue weighted by atomic mass is 9.88. The van der Waals surface area contributed by atoms with Crippen LogP contribution in [-0.2, 0) is 11.3 Å². The summed E-state index contributed by atoms with van der Waals surface area (Å²) in [6.45, 7) is 5.15. The molecule has 1 aromatic carbocycles. The highest BCUT2D eigenvalue weighted by Gasteiger charge is 2.31. The van der Waals surface area contributed by atoms with Gasteiger partial charge in [0.1, 0.15) is 5.41 Å². The van der Waals surface area contributed by atoms with E-state index in [2.05, 4.69) is 5.32 Å². The average molecular weight is 275 g/mol. The number of nitro benzene ring substituents is 1. The molecule has 0 aromatic heterocycles. The molecule has 1 atom stereocenters. The van der Waals surface area contributed by atoms with Gasteiger partial charge in [-0.3, -0.25) is 14.9 Å². The van der Waals surface area contributed by atoms with Crippen molar-refractivity contribution in [1.82, 2.24) is 5.32 Å². The van der Waals surface area contributed by atoms with Crippen molar-refractivity contribution in [3.8, 4) is 6.07 Å². The summed E-state index contributed by atoms with van der Waals surface area (Å²) in [4.78, 5) is 22.3. The van der Waals surface area contributed by atoms with Crippen molar-refractivity contribution in [2.24, 2.45) is 5.41 Å². The molecular formula is C14H17N3O3. The van der Waals surface area contributed by atoms with Gasteiger partial charge in [0, 0.05) is 18.2 Å². The number of nitro groups is 1. The summed E-state index contributed by atoms with van der Waals surface area (Å²) in [6.07, 6.45) is 0.406. The molecule has 20 heavy (non-hydrogen) atoms. The Bertz CT molecular complexity index is 578. The summed E-state index contributed by atoms with van der Waals surface area (Å²) in [6, 6.07) is 6.71. The van der Waals surface area contributed by atoms with E-state index in [1.165, 1.54) is 6.07 Å². The zero-order chi connectivity index (χ0) is 15.3. The molecule has 6 nitrogen and oxygen atoms in total. The molecule has 0 heterocycles. The van der Waals surface area contributed by atoms with Crippen LogP contribution < -0.4 is 5.32 Å². The van der Waals surface area contributed by atoms with Gasteiger partial charge in [0.25, 0.3) is 5.69 Å². The molecule has 0 aliphatic heterocycles. The summed E-state index contributed by atoms with van der Waals surface area (Å²) in [5.41, 5.74) is 0.140. The number of hydrogen-bond donors (Lipinski definition) is 1. The maximum absolute atomic E-state index is 12.0. The van der Waals surface area contributed by atoms with Crippen LogP contribution in [0.3, 0.4) is 0 Å². The predicted molar refractivity (Wildman–Crippen MR) is 73.7 cm³/mol. The van der Waals surface area contributed by atoms with Crippen LogP contribution in [0.4, 0.5) is 5.69 Å². The molecule has 0 fully saturated rings. The van der Waals surface area contributed by atoms with Crippen molar-refractivity contribution in [2.45, 2.75) is 33.7 Å². The van der Waals surface area contributed by atoms with Gasteiger partial charge in [-0.1, -0.05) is 19.1 Å². The van der Waals surface area contributed by atoms with E-state index in [0.29, 0.717) is 17.5 Å². The second-order valence-electron chi connectivity index (χ2n) is 4.80. The van der Waals surface area contributed by atoms with Crippen LogP contribution in [0.25, 0.3) is 0 Å². The molecule has 0 bridgehead atoms. The maximum atomic E-state index is 12.0. The Morgan fingerprint density at radius 2 is 2.20 bits per heavy atom. The molecule has 0 spiro atoms. The Morgan fingerprint density at radius 1 is 1.55 bits per heavy atom. The number of benzene rings is 1. The summed E-state index contributed by atoms with van der Waals surface area (Å²) in [7, 11) is 0. The third-order valence-electron chi connectivity index (χ3n) is 3.51. The highest BCUT2D eigenvalue weighted by molar-refractivity contribution is 5.84. The Balaban J connectivity index is 2.87. The fourth-order valence-corrected chi connectivity index (χ4v) is 1.72. The summed E-state index contributed by atoms with van der Waals surface area (Å²) in [5, 5.41) is 22.5. The summed E-state index contributed by atoms with van der Waals surface area (Å²) < 4.78 is 0. The van der Waals surface area contributed by atoms with E-state index < -0.39 is 10.3 Å². The smallest absolute Gasteiger partial charge is 0.272 e. The lowest BCUT2D eigenvalue weighted by Crippen LogP contribution is -2.37. The quantitative estimate of drug-likeness (QED) is 0.659. The molecular weight excluding hydrogens is 258 g/mol. The highest BCUT2D eigenvalue weighted by atomic mass is 16.6. The molecule has 0 saturated heterocycles. The van der Waals surface area contributed by atoms with Crippen molar-refractivity contribution in [2.75, 3.05) is 0 Å². The Morgan fingerprint density at radius 3 is 2.70 bits per heavy atom. The van der Waals surface area contributed by atoms with Gasteiger partial charge < -0.3 is 5.32 Å². The van der Waals surface area contributed by atoms with Gasteiger partial charge in [-0.25, -0.2) is 0 Å². The maximum Gasteiger partial charge on any atom is 0.272 e. The van der Waals surface area contributed by atoms with Gasteiger partial charge in [-0.2, -0.15) is 5.26 Å². The van der Waals surface area contributed by atoms with Gasteiger partial charge in [-0.15, -0.1) is 0 Å². The van der Waals surface area contributed by atoms with E-state index in [-0.39, 0.29) is 18.1 Å². The first kappa shape index (κ1) is 15.6. The number of carbonyl (C=O) groups excluding carboxylic acids is 1. The number of rotatable bonds is 5. The van der Waals surface area contributed by atoms with Crippen LogP contribution in [0, 0.1) is 33.8 Å². The SMILES string of the molecule is CCC(C)(C#N)C(=O)NCc1cccc([N+](=O)[O-])c1C. The highest BCUT2D eigenvalue weighted by Crippen LogP contribution is 2.22. The van der Waals surface area contributed by atoms with Gasteiger partial charge in [0.15, 0.2) is 0 Å². The number of hydrogen-bond acceptors (Lipinski definition) is 4. The van der Waals surface area contributed by atoms with Crippen LogP contribution >= 0.6 is 0 Å². The molecule has 0 radical (unpaired) electrons. The van der Waals surface area contributed by atoms with Gasteiger partial charge in [-0.05, 0) is 25.8 Å². The van der Waals surface area contributed by atoms with Crippen molar-refractivity contribution >= 4 is 11.6 Å². The van der Waals surface area contributed by atoms with Crippen LogP contribution in [0.1, 0.15) is 31.4 Å². The minimum Gasteiger partial charge on any atom is -0.351 e. The molecule has 1 amide bonds. The second-order valence-corrected chi connectivity index (χ2v) is 4.80. The van der Waals surface area contributed by atoms with Crippen LogP contribution in [0.2, 0.25) is 0 Å². The molecule has 0 aliphatic rings. The molecule has 106 valence electrons. The van der Waals surface area contributed by atoms with Gasteiger partial charge >= 0.3 is 0 Å². The molecule has 1 rings (SSSR count). The van der Waals surface area contributed by atoms with E-state index in [1.807, 2.05) is 6.07 Å². The second kappa shape index (κ2) is 6.15. The Labute approximate surface area is 117 Å². The Hall–Kier alpha value is -2.42. The topological polar surface area (TPSA) is 96.0 Å². The molecule has 0 aliphatic carbocycles. The summed E-state index contributed by atoms with van der Waals surface area (Å²) in [5.74, 6) is -0.367. The first-order valence-electron chi connectivity index (χ1n) is 6.28. The first-order valence-corrected chi connectivity index (χ1v) is 6.28. The fraction of sp³-hybridized carbons (Fsp3) is 0.429. The average Bonchev–Trinajstić information content (AvgIpc) is 2.44. The third-order valence-corrected chi connectivity index (χ3v) is 3.51. The molecule has 6 heteroatoms. The van der Waals surface area contributed by atoms with Gasteiger partial charge in [0.05, 0.1) is 11.0 Å². The van der Waals surface area contributed by atoms with E-state index in [4.69, 9.17) is 5.26 Å². The molecule has 1 unspecified atom stereocenters. The van der Waals surface area contributed by atoms with Crippen LogP contribution in [0.15, 0.2) is 18.2 Å². The zero-order valence-corrected chi connectivity index (χ0v) is 11.8. The van der Waals surface area contributed by atoms with E-state index >= 15 is 0 Å². The van der Waals surface area contributed by atoms with Crippen molar-refractivity contribution in [3.05, 3.63) is 39.4 Å². The largest absolute Gasteiger partial charge is 0.351 e. The number of nitrogens with zero attached hydrogens (tertiary/aromatic N) is 2. The van der Waals surface area contributed by atoms with Crippen LogP contribution in [0.5, 0.6) is 0 Å². The third kappa shape index (κ3) is 3.12. The number of amides is 1. The number of carbonyl (C=O) groups is 1. The van der Waals surface area contributed by atoms with E-state index in [9.17, 15) is 14.9 Å².